The monoisotopic (exact) mass is 268 g/mol. The van der Waals surface area contributed by atoms with E-state index in [-0.39, 0.29) is 12.1 Å². The molecule has 2 rings (SSSR count). The average Bonchev–Trinajstić information content (AvgIpc) is 2.76. The zero-order chi connectivity index (χ0) is 13.0. The van der Waals surface area contributed by atoms with Crippen LogP contribution in [-0.4, -0.2) is 42.1 Å². The van der Waals surface area contributed by atoms with E-state index >= 15 is 0 Å². The van der Waals surface area contributed by atoms with Crippen LogP contribution in [0.1, 0.15) is 22.7 Å². The molecular weight excluding hydrogens is 248 g/mol. The minimum atomic E-state index is -0.00486. The summed E-state index contributed by atoms with van der Waals surface area (Å²) in [7, 11) is 1.82. The molecule has 1 aromatic heterocycles. The van der Waals surface area contributed by atoms with E-state index in [1.165, 1.54) is 0 Å². The Morgan fingerprint density at radius 2 is 2.56 bits per heavy atom. The van der Waals surface area contributed by atoms with Gasteiger partial charge in [0.25, 0.3) is 0 Å². The first-order chi connectivity index (χ1) is 8.65. The fourth-order valence-electron chi connectivity index (χ4n) is 2.04. The summed E-state index contributed by atoms with van der Waals surface area (Å²) in [5.74, 6) is 0. The average molecular weight is 268 g/mol. The fraction of sp³-hybridized carbons (Fsp3) is 0.667. The van der Waals surface area contributed by atoms with E-state index < -0.39 is 0 Å². The van der Waals surface area contributed by atoms with E-state index in [1.54, 1.807) is 16.2 Å². The molecule has 6 heteroatoms. The summed E-state index contributed by atoms with van der Waals surface area (Å²) in [6.45, 7) is 4.53. The lowest BCUT2D eigenvalue weighted by molar-refractivity contribution is 0.200. The highest BCUT2D eigenvalue weighted by molar-refractivity contribution is 7.11. The third-order valence-electron chi connectivity index (χ3n) is 3.03. The summed E-state index contributed by atoms with van der Waals surface area (Å²) in [5.41, 5.74) is 0. The Bertz CT molecular complexity index is 401. The second kappa shape index (κ2) is 6.15. The van der Waals surface area contributed by atoms with E-state index in [9.17, 15) is 4.79 Å². The van der Waals surface area contributed by atoms with E-state index in [2.05, 4.69) is 15.6 Å². The molecule has 1 fully saturated rings. The normalized spacial score (nSPS) is 19.6. The molecule has 1 aromatic rings. The molecule has 0 unspecified atom stereocenters. The number of hydrogen-bond donors (Lipinski definition) is 2. The molecule has 0 bridgehead atoms. The number of amides is 2. The number of nitrogens with one attached hydrogen (secondary N) is 2. The standard InChI is InChI=1S/C12H20N4OS/c1-9-14-7-11(18-9)8-16(2)12(17)15-10-4-3-5-13-6-10/h7,10,13H,3-6,8H2,1-2H3,(H,15,17)/t10-/m1/s1. The Balaban J connectivity index is 1.80. The van der Waals surface area contributed by atoms with Crippen molar-refractivity contribution in [3.8, 4) is 0 Å². The lowest BCUT2D eigenvalue weighted by Gasteiger charge is -2.26. The van der Waals surface area contributed by atoms with Gasteiger partial charge in [-0.15, -0.1) is 11.3 Å². The summed E-state index contributed by atoms with van der Waals surface area (Å²) in [4.78, 5) is 19.0. The van der Waals surface area contributed by atoms with E-state index in [0.717, 1.165) is 35.8 Å². The largest absolute Gasteiger partial charge is 0.334 e. The first-order valence-electron chi connectivity index (χ1n) is 6.29. The predicted molar refractivity (Wildman–Crippen MR) is 72.7 cm³/mol. The molecule has 5 nitrogen and oxygen atoms in total. The third-order valence-corrected chi connectivity index (χ3v) is 3.93. The zero-order valence-electron chi connectivity index (χ0n) is 10.9. The second-order valence-electron chi connectivity index (χ2n) is 4.69. The smallest absolute Gasteiger partial charge is 0.317 e. The molecule has 2 amide bonds. The number of urea groups is 1. The van der Waals surface area contributed by atoms with Crippen molar-refractivity contribution in [3.63, 3.8) is 0 Å². The molecule has 0 spiro atoms. The Morgan fingerprint density at radius 1 is 1.72 bits per heavy atom. The van der Waals surface area contributed by atoms with E-state index in [4.69, 9.17) is 0 Å². The van der Waals surface area contributed by atoms with Crippen molar-refractivity contribution in [1.82, 2.24) is 20.5 Å². The number of piperidine rings is 1. The van der Waals surface area contributed by atoms with Crippen LogP contribution in [0.25, 0.3) is 0 Å². The number of nitrogens with zero attached hydrogens (tertiary/aromatic N) is 2. The maximum absolute atomic E-state index is 12.0. The Morgan fingerprint density at radius 3 is 3.17 bits per heavy atom. The van der Waals surface area contributed by atoms with Crippen LogP contribution in [0.4, 0.5) is 4.79 Å². The van der Waals surface area contributed by atoms with Crippen LogP contribution in [0.5, 0.6) is 0 Å². The number of aryl methyl sites for hydroxylation is 1. The molecule has 18 heavy (non-hydrogen) atoms. The molecule has 0 radical (unpaired) electrons. The molecule has 2 heterocycles. The Hall–Kier alpha value is -1.14. The maximum atomic E-state index is 12.0. The summed E-state index contributed by atoms with van der Waals surface area (Å²) in [5, 5.41) is 7.38. The summed E-state index contributed by atoms with van der Waals surface area (Å²) in [6.07, 6.45) is 4.03. The number of thiazole rings is 1. The van der Waals surface area contributed by atoms with Gasteiger partial charge in [-0.1, -0.05) is 0 Å². The van der Waals surface area contributed by atoms with Crippen LogP contribution < -0.4 is 10.6 Å². The number of carbonyl (C=O) groups excluding carboxylic acids is 1. The van der Waals surface area contributed by atoms with Crippen LogP contribution in [0.15, 0.2) is 6.20 Å². The number of hydrogen-bond acceptors (Lipinski definition) is 4. The van der Waals surface area contributed by atoms with Gasteiger partial charge >= 0.3 is 6.03 Å². The fourth-order valence-corrected chi connectivity index (χ4v) is 2.89. The van der Waals surface area contributed by atoms with Crippen molar-refractivity contribution in [2.24, 2.45) is 0 Å². The predicted octanol–water partition coefficient (Wildman–Crippen LogP) is 1.34. The van der Waals surface area contributed by atoms with Crippen LogP contribution in [0.3, 0.4) is 0 Å². The second-order valence-corrected chi connectivity index (χ2v) is 6.01. The molecule has 0 aromatic carbocycles. The SMILES string of the molecule is Cc1ncc(CN(C)C(=O)N[C@@H]2CCCNC2)s1. The van der Waals surface area contributed by atoms with Crippen molar-refractivity contribution in [2.45, 2.75) is 32.4 Å². The number of aromatic nitrogens is 1. The minimum Gasteiger partial charge on any atom is -0.334 e. The summed E-state index contributed by atoms with van der Waals surface area (Å²) >= 11 is 1.63. The molecule has 100 valence electrons. The van der Waals surface area contributed by atoms with Crippen molar-refractivity contribution < 1.29 is 4.79 Å². The molecule has 2 N–H and O–H groups in total. The molecule has 1 saturated heterocycles. The van der Waals surface area contributed by atoms with Crippen molar-refractivity contribution >= 4 is 17.4 Å². The summed E-state index contributed by atoms with van der Waals surface area (Å²) < 4.78 is 0. The highest BCUT2D eigenvalue weighted by Gasteiger charge is 2.17. The third kappa shape index (κ3) is 3.68. The van der Waals surface area contributed by atoms with E-state index in [1.807, 2.05) is 20.2 Å². The number of carbonyl (C=O) groups is 1. The van der Waals surface area contributed by atoms with E-state index in [0.29, 0.717) is 6.54 Å². The van der Waals surface area contributed by atoms with Crippen molar-refractivity contribution in [1.29, 1.82) is 0 Å². The van der Waals surface area contributed by atoms with Crippen molar-refractivity contribution in [3.05, 3.63) is 16.1 Å². The molecular formula is C12H20N4OS. The highest BCUT2D eigenvalue weighted by Crippen LogP contribution is 2.13. The van der Waals surface area contributed by atoms with Gasteiger partial charge in [0, 0.05) is 30.7 Å². The molecule has 1 atom stereocenters. The van der Waals surface area contributed by atoms with Crippen LogP contribution >= 0.6 is 11.3 Å². The molecule has 0 aliphatic carbocycles. The van der Waals surface area contributed by atoms with Gasteiger partial charge in [0.05, 0.1) is 11.6 Å². The molecule has 0 saturated carbocycles. The first-order valence-corrected chi connectivity index (χ1v) is 7.10. The lowest BCUT2D eigenvalue weighted by Crippen LogP contribution is -2.49. The quantitative estimate of drug-likeness (QED) is 0.870. The van der Waals surface area contributed by atoms with Gasteiger partial charge in [0.1, 0.15) is 0 Å². The van der Waals surface area contributed by atoms with Gasteiger partial charge in [0.2, 0.25) is 0 Å². The molecule has 1 aliphatic heterocycles. The number of rotatable bonds is 3. The lowest BCUT2D eigenvalue weighted by atomic mass is 10.1. The zero-order valence-corrected chi connectivity index (χ0v) is 11.7. The van der Waals surface area contributed by atoms with Crippen molar-refractivity contribution in [2.75, 3.05) is 20.1 Å². The van der Waals surface area contributed by atoms with Gasteiger partial charge in [-0.05, 0) is 26.3 Å². The highest BCUT2D eigenvalue weighted by atomic mass is 32.1. The van der Waals surface area contributed by atoms with Gasteiger partial charge in [-0.25, -0.2) is 9.78 Å². The van der Waals surface area contributed by atoms with Crippen LogP contribution in [0, 0.1) is 6.92 Å². The van der Waals surface area contributed by atoms with Gasteiger partial charge in [-0.3, -0.25) is 0 Å². The van der Waals surface area contributed by atoms with Gasteiger partial charge in [-0.2, -0.15) is 0 Å². The first kappa shape index (κ1) is 13.3. The minimum absolute atomic E-state index is 0.00486. The summed E-state index contributed by atoms with van der Waals surface area (Å²) in [6, 6.07) is 0.256. The Kier molecular flexibility index (Phi) is 4.54. The Labute approximate surface area is 112 Å². The molecule has 1 aliphatic rings. The topological polar surface area (TPSA) is 57.3 Å². The van der Waals surface area contributed by atoms with Gasteiger partial charge < -0.3 is 15.5 Å². The van der Waals surface area contributed by atoms with Crippen LogP contribution in [0.2, 0.25) is 0 Å². The maximum Gasteiger partial charge on any atom is 0.317 e. The van der Waals surface area contributed by atoms with Gasteiger partial charge in [0.15, 0.2) is 0 Å². The van der Waals surface area contributed by atoms with Crippen LogP contribution in [-0.2, 0) is 6.54 Å².